The molecule has 5 heteroatoms. The number of hydrogen-bond acceptors (Lipinski definition) is 3. The molecule has 1 aromatic heterocycles. The summed E-state index contributed by atoms with van der Waals surface area (Å²) in [5.41, 5.74) is 3.12. The van der Waals surface area contributed by atoms with Gasteiger partial charge in [0.05, 0.1) is 6.54 Å². The molecule has 104 valence electrons. The third-order valence-corrected chi connectivity index (χ3v) is 3.58. The molecule has 20 heavy (non-hydrogen) atoms. The zero-order chi connectivity index (χ0) is 13.9. The Bertz CT molecular complexity index is 606. The van der Waals surface area contributed by atoms with E-state index < -0.39 is 0 Å². The molecular formula is C15H18N4O. The summed E-state index contributed by atoms with van der Waals surface area (Å²) in [5.74, 6) is 0.815. The van der Waals surface area contributed by atoms with Crippen molar-refractivity contribution < 1.29 is 4.79 Å². The van der Waals surface area contributed by atoms with Gasteiger partial charge in [-0.3, -0.25) is 4.79 Å². The molecule has 1 aliphatic rings. The summed E-state index contributed by atoms with van der Waals surface area (Å²) in [4.78, 5) is 21.3. The highest BCUT2D eigenvalue weighted by Gasteiger charge is 2.16. The zero-order valence-electron chi connectivity index (χ0n) is 11.5. The van der Waals surface area contributed by atoms with Gasteiger partial charge >= 0.3 is 0 Å². The van der Waals surface area contributed by atoms with Gasteiger partial charge in [-0.15, -0.1) is 0 Å². The molecule has 0 atom stereocenters. The van der Waals surface area contributed by atoms with E-state index in [0.717, 1.165) is 36.5 Å². The van der Waals surface area contributed by atoms with Gasteiger partial charge in [0.1, 0.15) is 5.82 Å². The average Bonchev–Trinajstić information content (AvgIpc) is 2.99. The summed E-state index contributed by atoms with van der Waals surface area (Å²) in [5, 5.41) is 3.35. The number of aromatic amines is 1. The minimum Gasteiger partial charge on any atom is -0.385 e. The smallest absolute Gasteiger partial charge is 0.254 e. The van der Waals surface area contributed by atoms with Crippen molar-refractivity contribution in [1.82, 2.24) is 14.9 Å². The Morgan fingerprint density at radius 2 is 2.35 bits per heavy atom. The lowest BCUT2D eigenvalue weighted by Gasteiger charge is -2.20. The van der Waals surface area contributed by atoms with Crippen molar-refractivity contribution in [3.63, 3.8) is 0 Å². The fraction of sp³-hybridized carbons (Fsp3) is 0.333. The fourth-order valence-electron chi connectivity index (χ4n) is 2.51. The van der Waals surface area contributed by atoms with Gasteiger partial charge in [0.25, 0.3) is 5.91 Å². The highest BCUT2D eigenvalue weighted by Crippen LogP contribution is 2.23. The number of carbonyl (C=O) groups excluding carboxylic acids is 1. The number of hydrogen-bond donors (Lipinski definition) is 2. The molecule has 0 spiro atoms. The lowest BCUT2D eigenvalue weighted by atomic mass is 10.0. The molecule has 3 rings (SSSR count). The molecule has 0 fully saturated rings. The Labute approximate surface area is 118 Å². The van der Waals surface area contributed by atoms with Gasteiger partial charge in [-0.2, -0.15) is 0 Å². The largest absolute Gasteiger partial charge is 0.385 e. The maximum Gasteiger partial charge on any atom is 0.254 e. The van der Waals surface area contributed by atoms with E-state index in [4.69, 9.17) is 0 Å². The van der Waals surface area contributed by atoms with E-state index in [2.05, 4.69) is 15.3 Å². The number of imidazole rings is 1. The first-order chi connectivity index (χ1) is 9.74. The third-order valence-electron chi connectivity index (χ3n) is 3.58. The van der Waals surface area contributed by atoms with Crippen LogP contribution in [0.25, 0.3) is 0 Å². The van der Waals surface area contributed by atoms with Crippen LogP contribution in [0.3, 0.4) is 0 Å². The predicted molar refractivity (Wildman–Crippen MR) is 77.6 cm³/mol. The zero-order valence-corrected chi connectivity index (χ0v) is 11.5. The molecule has 0 radical (unpaired) electrons. The summed E-state index contributed by atoms with van der Waals surface area (Å²) in [7, 11) is 1.79. The molecule has 2 heterocycles. The molecule has 1 amide bonds. The van der Waals surface area contributed by atoms with Crippen molar-refractivity contribution >= 4 is 11.6 Å². The second-order valence-corrected chi connectivity index (χ2v) is 5.10. The quantitative estimate of drug-likeness (QED) is 0.897. The second-order valence-electron chi connectivity index (χ2n) is 5.10. The van der Waals surface area contributed by atoms with Gasteiger partial charge < -0.3 is 15.2 Å². The number of nitrogens with zero attached hydrogens (tertiary/aromatic N) is 2. The topological polar surface area (TPSA) is 61.0 Å². The van der Waals surface area contributed by atoms with E-state index in [9.17, 15) is 4.79 Å². The van der Waals surface area contributed by atoms with Gasteiger partial charge in [-0.25, -0.2) is 4.98 Å². The molecule has 2 N–H and O–H groups in total. The second kappa shape index (κ2) is 5.36. The standard InChI is InChI=1S/C15H18N4O/c1-19(10-14-17-7-8-18-14)15(20)12-4-5-13-11(9-12)3-2-6-16-13/h4-5,7-9,16H,2-3,6,10H2,1H3,(H,17,18). The number of rotatable bonds is 3. The van der Waals surface area contributed by atoms with Gasteiger partial charge in [0.2, 0.25) is 0 Å². The van der Waals surface area contributed by atoms with Gasteiger partial charge in [0, 0.05) is 37.2 Å². The number of anilines is 1. The minimum absolute atomic E-state index is 0.0229. The van der Waals surface area contributed by atoms with E-state index in [0.29, 0.717) is 6.54 Å². The first-order valence-corrected chi connectivity index (χ1v) is 6.84. The first kappa shape index (κ1) is 12.7. The Hall–Kier alpha value is -2.30. The van der Waals surface area contributed by atoms with Crippen molar-refractivity contribution in [3.8, 4) is 0 Å². The summed E-state index contributed by atoms with van der Waals surface area (Å²) < 4.78 is 0. The van der Waals surface area contributed by atoms with E-state index in [1.54, 1.807) is 24.3 Å². The lowest BCUT2D eigenvalue weighted by molar-refractivity contribution is 0.0782. The fourth-order valence-corrected chi connectivity index (χ4v) is 2.51. The summed E-state index contributed by atoms with van der Waals surface area (Å²) in [6, 6.07) is 5.89. The number of aromatic nitrogens is 2. The van der Waals surface area contributed by atoms with Crippen molar-refractivity contribution in [2.75, 3.05) is 18.9 Å². The van der Waals surface area contributed by atoms with Crippen LogP contribution < -0.4 is 5.32 Å². The Morgan fingerprint density at radius 3 is 3.15 bits per heavy atom. The number of aryl methyl sites for hydroxylation is 1. The van der Waals surface area contributed by atoms with Crippen LogP contribution in [0.4, 0.5) is 5.69 Å². The number of H-pyrrole nitrogens is 1. The SMILES string of the molecule is CN(Cc1ncc[nH]1)C(=O)c1ccc2c(c1)CCCN2. The van der Waals surface area contributed by atoms with Crippen LogP contribution in [-0.4, -0.2) is 34.4 Å². The molecule has 1 aromatic carbocycles. The highest BCUT2D eigenvalue weighted by atomic mass is 16.2. The van der Waals surface area contributed by atoms with Crippen molar-refractivity contribution in [2.24, 2.45) is 0 Å². The lowest BCUT2D eigenvalue weighted by Crippen LogP contribution is -2.27. The average molecular weight is 270 g/mol. The Kier molecular flexibility index (Phi) is 3.41. The van der Waals surface area contributed by atoms with E-state index in [1.807, 2.05) is 18.2 Å². The van der Waals surface area contributed by atoms with Gasteiger partial charge in [-0.05, 0) is 36.6 Å². The summed E-state index contributed by atoms with van der Waals surface area (Å²) in [6.45, 7) is 1.50. The maximum absolute atomic E-state index is 12.4. The normalized spacial score (nSPS) is 13.4. The summed E-state index contributed by atoms with van der Waals surface area (Å²) in [6.07, 6.45) is 5.61. The Morgan fingerprint density at radius 1 is 1.45 bits per heavy atom. The van der Waals surface area contributed by atoms with Gasteiger partial charge in [-0.1, -0.05) is 0 Å². The molecule has 0 aliphatic carbocycles. The number of amides is 1. The maximum atomic E-state index is 12.4. The summed E-state index contributed by atoms with van der Waals surface area (Å²) >= 11 is 0. The molecule has 0 unspecified atom stereocenters. The molecule has 0 saturated carbocycles. The van der Waals surface area contributed by atoms with Crippen LogP contribution in [0.1, 0.15) is 28.2 Å². The molecule has 0 saturated heterocycles. The monoisotopic (exact) mass is 270 g/mol. The molecule has 0 bridgehead atoms. The minimum atomic E-state index is 0.0229. The Balaban J connectivity index is 1.76. The number of carbonyl (C=O) groups is 1. The van der Waals surface area contributed by atoms with Crippen LogP contribution in [0, 0.1) is 0 Å². The van der Waals surface area contributed by atoms with E-state index in [1.165, 1.54) is 5.56 Å². The molecule has 5 nitrogen and oxygen atoms in total. The van der Waals surface area contributed by atoms with Crippen LogP contribution in [-0.2, 0) is 13.0 Å². The van der Waals surface area contributed by atoms with Crippen molar-refractivity contribution in [2.45, 2.75) is 19.4 Å². The van der Waals surface area contributed by atoms with E-state index in [-0.39, 0.29) is 5.91 Å². The predicted octanol–water partition coefficient (Wildman–Crippen LogP) is 2.04. The van der Waals surface area contributed by atoms with Gasteiger partial charge in [0.15, 0.2) is 0 Å². The van der Waals surface area contributed by atoms with Crippen LogP contribution in [0.15, 0.2) is 30.6 Å². The van der Waals surface area contributed by atoms with Crippen LogP contribution in [0.2, 0.25) is 0 Å². The molecule has 1 aliphatic heterocycles. The highest BCUT2D eigenvalue weighted by molar-refractivity contribution is 5.94. The number of fused-ring (bicyclic) bond motifs is 1. The number of nitrogens with one attached hydrogen (secondary N) is 2. The third kappa shape index (κ3) is 2.52. The number of benzene rings is 1. The van der Waals surface area contributed by atoms with E-state index >= 15 is 0 Å². The molecule has 2 aromatic rings. The van der Waals surface area contributed by atoms with Crippen LogP contribution in [0.5, 0.6) is 0 Å². The van der Waals surface area contributed by atoms with Crippen LogP contribution >= 0.6 is 0 Å². The van der Waals surface area contributed by atoms with Crippen molar-refractivity contribution in [3.05, 3.63) is 47.5 Å². The van der Waals surface area contributed by atoms with Crippen molar-refractivity contribution in [1.29, 1.82) is 0 Å². The molecular weight excluding hydrogens is 252 g/mol. The first-order valence-electron chi connectivity index (χ1n) is 6.84.